The molecule has 0 aliphatic carbocycles. The van der Waals surface area contributed by atoms with Gasteiger partial charge in [-0.2, -0.15) is 0 Å². The number of amides is 1. The predicted molar refractivity (Wildman–Crippen MR) is 139 cm³/mol. The molecule has 2 N–H and O–H groups in total. The molecule has 0 saturated heterocycles. The molecule has 0 bridgehead atoms. The largest absolute Gasteiger partial charge is 0.372 e. The molecular formula is C26H28FN7O. The minimum Gasteiger partial charge on any atom is -0.372 e. The lowest BCUT2D eigenvalue weighted by Crippen LogP contribution is -2.29. The van der Waals surface area contributed by atoms with Gasteiger partial charge >= 0.3 is 0 Å². The number of imidazole rings is 1. The number of benzene rings is 2. The fourth-order valence-electron chi connectivity index (χ4n) is 3.65. The number of anilines is 4. The van der Waals surface area contributed by atoms with Crippen LogP contribution >= 0.6 is 0 Å². The van der Waals surface area contributed by atoms with Crippen molar-refractivity contribution in [2.24, 2.45) is 0 Å². The van der Waals surface area contributed by atoms with Gasteiger partial charge in [0.15, 0.2) is 0 Å². The zero-order valence-electron chi connectivity index (χ0n) is 20.0. The van der Waals surface area contributed by atoms with E-state index >= 15 is 0 Å². The van der Waals surface area contributed by atoms with Gasteiger partial charge in [-0.15, -0.1) is 0 Å². The number of carbonyl (C=O) groups is 1. The number of aromatic nitrogens is 3. The second-order valence-electron chi connectivity index (χ2n) is 8.43. The number of nitrogens with one attached hydrogen (secondary N) is 2. The summed E-state index contributed by atoms with van der Waals surface area (Å²) in [5.41, 5.74) is 3.74. The van der Waals surface area contributed by atoms with Gasteiger partial charge < -0.3 is 20.4 Å². The molecule has 0 atom stereocenters. The summed E-state index contributed by atoms with van der Waals surface area (Å²) < 4.78 is 15.6. The first-order valence-corrected chi connectivity index (χ1v) is 11.1. The average molecular weight is 474 g/mol. The summed E-state index contributed by atoms with van der Waals surface area (Å²) in [6.45, 7) is 5.21. The summed E-state index contributed by atoms with van der Waals surface area (Å²) >= 11 is 0. The number of hydrogen-bond donors (Lipinski definition) is 2. The van der Waals surface area contributed by atoms with Gasteiger partial charge in [-0.05, 0) is 50.5 Å². The maximum atomic E-state index is 13.8. The number of halogens is 1. The van der Waals surface area contributed by atoms with Gasteiger partial charge in [0.05, 0.1) is 35.5 Å². The minimum atomic E-state index is -0.323. The third-order valence-corrected chi connectivity index (χ3v) is 5.50. The molecular weight excluding hydrogens is 445 g/mol. The molecule has 2 aromatic heterocycles. The number of carbonyl (C=O) groups excluding carboxylic acids is 1. The van der Waals surface area contributed by atoms with Crippen molar-refractivity contribution in [2.45, 2.75) is 0 Å². The van der Waals surface area contributed by atoms with Crippen molar-refractivity contribution >= 4 is 34.3 Å². The molecule has 4 rings (SSSR count). The minimum absolute atomic E-state index is 0.290. The molecule has 2 aromatic carbocycles. The van der Waals surface area contributed by atoms with Crippen molar-refractivity contribution in [3.63, 3.8) is 0 Å². The van der Waals surface area contributed by atoms with Crippen molar-refractivity contribution in [1.82, 2.24) is 19.3 Å². The topological polar surface area (TPSA) is 77.8 Å². The lowest BCUT2D eigenvalue weighted by Gasteiger charge is -2.24. The van der Waals surface area contributed by atoms with Crippen LogP contribution in [0.15, 0.2) is 73.7 Å². The number of nitrogens with zero attached hydrogens (tertiary/aromatic N) is 5. The van der Waals surface area contributed by atoms with E-state index in [1.165, 1.54) is 18.2 Å². The Morgan fingerprint density at radius 1 is 1.11 bits per heavy atom. The maximum Gasteiger partial charge on any atom is 0.247 e. The van der Waals surface area contributed by atoms with Crippen LogP contribution in [0.3, 0.4) is 0 Å². The van der Waals surface area contributed by atoms with Crippen molar-refractivity contribution in [3.05, 3.63) is 79.5 Å². The first kappa shape index (κ1) is 23.9. The van der Waals surface area contributed by atoms with Gasteiger partial charge in [0.2, 0.25) is 5.91 Å². The van der Waals surface area contributed by atoms with Crippen LogP contribution in [0.4, 0.5) is 27.3 Å². The van der Waals surface area contributed by atoms with E-state index in [2.05, 4.69) is 37.0 Å². The van der Waals surface area contributed by atoms with Crippen molar-refractivity contribution in [1.29, 1.82) is 0 Å². The van der Waals surface area contributed by atoms with Gasteiger partial charge in [-0.25, -0.2) is 14.4 Å². The van der Waals surface area contributed by atoms with Crippen LogP contribution in [0.1, 0.15) is 0 Å². The molecule has 0 fully saturated rings. The van der Waals surface area contributed by atoms with Crippen molar-refractivity contribution in [3.8, 4) is 11.4 Å². The Morgan fingerprint density at radius 3 is 2.66 bits per heavy atom. The zero-order chi connectivity index (χ0) is 24.9. The summed E-state index contributed by atoms with van der Waals surface area (Å²) in [6.07, 6.45) is 6.44. The molecule has 9 heteroatoms. The SMILES string of the molecule is C=CC(=O)Nc1cc(Nc2cn3c(-c4cccc(F)c4)ncc3cn2)ccc1N(C)CCN(C)C. The molecule has 0 spiro atoms. The lowest BCUT2D eigenvalue weighted by atomic mass is 10.2. The van der Waals surface area contributed by atoms with E-state index in [0.717, 1.165) is 30.0 Å². The van der Waals surface area contributed by atoms with Gasteiger partial charge in [-0.3, -0.25) is 9.20 Å². The Balaban J connectivity index is 1.64. The molecule has 0 saturated carbocycles. The fraction of sp³-hybridized carbons (Fsp3) is 0.192. The van der Waals surface area contributed by atoms with Crippen LogP contribution < -0.4 is 15.5 Å². The maximum absolute atomic E-state index is 13.8. The zero-order valence-corrected chi connectivity index (χ0v) is 20.0. The molecule has 2 heterocycles. The molecule has 0 unspecified atom stereocenters. The fourth-order valence-corrected chi connectivity index (χ4v) is 3.65. The average Bonchev–Trinajstić information content (AvgIpc) is 3.26. The van der Waals surface area contributed by atoms with E-state index in [9.17, 15) is 9.18 Å². The van der Waals surface area contributed by atoms with E-state index in [4.69, 9.17) is 0 Å². The second-order valence-corrected chi connectivity index (χ2v) is 8.43. The van der Waals surface area contributed by atoms with Crippen LogP contribution in [-0.2, 0) is 4.79 Å². The first-order valence-electron chi connectivity index (χ1n) is 11.1. The van der Waals surface area contributed by atoms with Crippen LogP contribution in [0.2, 0.25) is 0 Å². The summed E-state index contributed by atoms with van der Waals surface area (Å²) in [7, 11) is 6.02. The third kappa shape index (κ3) is 5.64. The van der Waals surface area contributed by atoms with Gasteiger partial charge in [0.1, 0.15) is 17.5 Å². The molecule has 0 aliphatic rings. The Morgan fingerprint density at radius 2 is 1.91 bits per heavy atom. The highest BCUT2D eigenvalue weighted by Gasteiger charge is 2.13. The number of rotatable bonds is 9. The van der Waals surface area contributed by atoms with E-state index in [0.29, 0.717) is 22.9 Å². The normalized spacial score (nSPS) is 11.0. The highest BCUT2D eigenvalue weighted by molar-refractivity contribution is 6.01. The molecule has 180 valence electrons. The molecule has 0 radical (unpaired) electrons. The van der Waals surface area contributed by atoms with Crippen molar-refractivity contribution in [2.75, 3.05) is 49.8 Å². The number of likely N-dealkylation sites (N-methyl/N-ethyl adjacent to an activating group) is 2. The summed E-state index contributed by atoms with van der Waals surface area (Å²) in [6, 6.07) is 12.0. The lowest BCUT2D eigenvalue weighted by molar-refractivity contribution is -0.111. The summed E-state index contributed by atoms with van der Waals surface area (Å²) in [5, 5.41) is 6.18. The molecule has 1 amide bonds. The van der Waals surface area contributed by atoms with Crippen LogP contribution in [0.25, 0.3) is 16.9 Å². The number of fused-ring (bicyclic) bond motifs is 1. The molecule has 4 aromatic rings. The van der Waals surface area contributed by atoms with E-state index in [1.807, 2.05) is 56.0 Å². The third-order valence-electron chi connectivity index (χ3n) is 5.50. The highest BCUT2D eigenvalue weighted by Crippen LogP contribution is 2.30. The first-order chi connectivity index (χ1) is 16.8. The van der Waals surface area contributed by atoms with Crippen molar-refractivity contribution < 1.29 is 9.18 Å². The standard InChI is InChI=1S/C26H28FN7O/c1-5-25(35)31-22-14-20(9-10-23(22)33(4)12-11-32(2)3)30-24-17-34-21(15-28-24)16-29-26(34)18-7-6-8-19(27)13-18/h5-10,13-17,30H,1,11-12H2,2-4H3,(H,31,35). The van der Waals surface area contributed by atoms with Crippen LogP contribution in [0.5, 0.6) is 0 Å². The second kappa shape index (κ2) is 10.4. The van der Waals surface area contributed by atoms with Gasteiger partial charge in [0.25, 0.3) is 0 Å². The smallest absolute Gasteiger partial charge is 0.247 e. The van der Waals surface area contributed by atoms with E-state index < -0.39 is 0 Å². The Hall–Kier alpha value is -4.24. The van der Waals surface area contributed by atoms with E-state index in [-0.39, 0.29) is 11.7 Å². The predicted octanol–water partition coefficient (Wildman–Crippen LogP) is 4.40. The molecule has 35 heavy (non-hydrogen) atoms. The van der Waals surface area contributed by atoms with Crippen LogP contribution in [-0.4, -0.2) is 59.4 Å². The quantitative estimate of drug-likeness (QED) is 0.351. The van der Waals surface area contributed by atoms with Gasteiger partial charge in [-0.1, -0.05) is 18.7 Å². The monoisotopic (exact) mass is 473 g/mol. The Labute approximate surface area is 203 Å². The van der Waals surface area contributed by atoms with Gasteiger partial charge in [0, 0.05) is 31.4 Å². The number of hydrogen-bond acceptors (Lipinski definition) is 6. The molecule has 8 nitrogen and oxygen atoms in total. The Kier molecular flexibility index (Phi) is 7.07. The highest BCUT2D eigenvalue weighted by atomic mass is 19.1. The Bertz CT molecular complexity index is 1370. The molecule has 0 aliphatic heterocycles. The van der Waals surface area contributed by atoms with Crippen LogP contribution in [0, 0.1) is 5.82 Å². The van der Waals surface area contributed by atoms with E-state index in [1.54, 1.807) is 18.5 Å². The summed E-state index contributed by atoms with van der Waals surface area (Å²) in [5.74, 6) is 0.572. The summed E-state index contributed by atoms with van der Waals surface area (Å²) in [4.78, 5) is 25.2.